The van der Waals surface area contributed by atoms with E-state index in [1.807, 2.05) is 6.92 Å². The molecule has 0 saturated heterocycles. The van der Waals surface area contributed by atoms with Gasteiger partial charge in [-0.3, -0.25) is 4.79 Å². The number of allylic oxidation sites excluding steroid dienone is 1. The highest BCUT2D eigenvalue weighted by Crippen LogP contribution is 2.47. The quantitative estimate of drug-likeness (QED) is 0.331. The number of nitrogens with one attached hydrogen (secondary N) is 1. The molecule has 24 heavy (non-hydrogen) atoms. The largest absolute Gasteiger partial charge is 0.499 e. The molecule has 1 aliphatic carbocycles. The normalized spacial score (nSPS) is 22.7. The number of amides is 1. The van der Waals surface area contributed by atoms with Crippen LogP contribution < -0.4 is 5.32 Å². The number of hydrogen-bond donors (Lipinski definition) is 1. The maximum atomic E-state index is 12.3. The van der Waals surface area contributed by atoms with Crippen molar-refractivity contribution in [2.24, 2.45) is 11.3 Å². The average Bonchev–Trinajstić information content (AvgIpc) is 2.51. The van der Waals surface area contributed by atoms with Gasteiger partial charge in [-0.05, 0) is 38.5 Å². The van der Waals surface area contributed by atoms with Gasteiger partial charge in [0.2, 0.25) is 5.91 Å². The van der Waals surface area contributed by atoms with Crippen LogP contribution in [0.25, 0.3) is 0 Å². The lowest BCUT2D eigenvalue weighted by molar-refractivity contribution is -0.138. The fraction of sp³-hybridized carbons (Fsp3) is 0.857. The van der Waals surface area contributed by atoms with Crippen LogP contribution in [0, 0.1) is 11.3 Å². The molecule has 0 aromatic heterocycles. The summed E-state index contributed by atoms with van der Waals surface area (Å²) in [5.74, 6) is 1.88. The highest BCUT2D eigenvalue weighted by Gasteiger charge is 2.45. The number of unbranched alkanes of at least 4 members (excludes halogenated alkanes) is 6. The van der Waals surface area contributed by atoms with Crippen molar-refractivity contribution < 1.29 is 9.53 Å². The van der Waals surface area contributed by atoms with E-state index in [0.717, 1.165) is 50.5 Å². The van der Waals surface area contributed by atoms with Gasteiger partial charge in [0, 0.05) is 12.0 Å². The Balaban J connectivity index is 1.92. The summed E-state index contributed by atoms with van der Waals surface area (Å²) in [6.07, 6.45) is 13.2. The van der Waals surface area contributed by atoms with Gasteiger partial charge in [0.25, 0.3) is 0 Å². The number of rotatable bonds is 14. The number of hydrogen-bond acceptors (Lipinski definition) is 2. The van der Waals surface area contributed by atoms with Gasteiger partial charge >= 0.3 is 0 Å². The minimum Gasteiger partial charge on any atom is -0.499 e. The lowest BCUT2D eigenvalue weighted by Crippen LogP contribution is -2.47. The van der Waals surface area contributed by atoms with Crippen molar-refractivity contribution in [3.63, 3.8) is 0 Å². The molecule has 0 aromatic rings. The molecule has 0 aliphatic heterocycles. The van der Waals surface area contributed by atoms with E-state index in [2.05, 4.69) is 25.7 Å². The van der Waals surface area contributed by atoms with Crippen LogP contribution in [0.1, 0.15) is 91.4 Å². The molecule has 140 valence electrons. The zero-order chi connectivity index (χ0) is 17.8. The van der Waals surface area contributed by atoms with Gasteiger partial charge in [0.1, 0.15) is 0 Å². The number of ether oxygens (including phenoxy) is 1. The van der Waals surface area contributed by atoms with Crippen molar-refractivity contribution in [3.05, 3.63) is 12.3 Å². The zero-order valence-corrected chi connectivity index (χ0v) is 16.3. The summed E-state index contributed by atoms with van der Waals surface area (Å²) in [6, 6.07) is 0. The van der Waals surface area contributed by atoms with E-state index in [1.54, 1.807) is 0 Å². The predicted octanol–water partition coefficient (Wildman–Crippen LogP) is 5.60. The van der Waals surface area contributed by atoms with Crippen LogP contribution in [0.5, 0.6) is 0 Å². The SMILES string of the molecule is C=C(C)OCCCCCCCCNC(=O)C1(C)CC(CCCC)C1. The Bertz CT molecular complexity index is 372. The van der Waals surface area contributed by atoms with Crippen LogP contribution in [0.4, 0.5) is 0 Å². The van der Waals surface area contributed by atoms with Crippen molar-refractivity contribution in [1.29, 1.82) is 0 Å². The minimum atomic E-state index is -0.0817. The Labute approximate surface area is 149 Å². The van der Waals surface area contributed by atoms with Crippen molar-refractivity contribution in [2.45, 2.75) is 91.4 Å². The third-order valence-corrected chi connectivity index (χ3v) is 5.20. The van der Waals surface area contributed by atoms with Crippen LogP contribution in [0.2, 0.25) is 0 Å². The Kier molecular flexibility index (Phi) is 10.1. The molecule has 0 radical (unpaired) electrons. The second-order valence-electron chi connectivity index (χ2n) is 7.90. The Hall–Kier alpha value is -0.990. The summed E-state index contributed by atoms with van der Waals surface area (Å²) in [5.41, 5.74) is -0.0817. The molecule has 3 heteroatoms. The maximum Gasteiger partial charge on any atom is 0.225 e. The second-order valence-corrected chi connectivity index (χ2v) is 7.90. The van der Waals surface area contributed by atoms with Crippen molar-refractivity contribution in [3.8, 4) is 0 Å². The molecule has 1 rings (SSSR count). The highest BCUT2D eigenvalue weighted by molar-refractivity contribution is 5.83. The molecule has 1 fully saturated rings. The highest BCUT2D eigenvalue weighted by atomic mass is 16.5. The van der Waals surface area contributed by atoms with E-state index < -0.39 is 0 Å². The summed E-state index contributed by atoms with van der Waals surface area (Å²) in [5, 5.41) is 3.16. The molecule has 0 aromatic carbocycles. The molecule has 0 heterocycles. The van der Waals surface area contributed by atoms with Crippen molar-refractivity contribution in [2.75, 3.05) is 13.2 Å². The van der Waals surface area contributed by atoms with Crippen LogP contribution >= 0.6 is 0 Å². The Morgan fingerprint density at radius 2 is 1.75 bits per heavy atom. The molecule has 1 amide bonds. The molecule has 1 saturated carbocycles. The molecule has 1 aliphatic rings. The van der Waals surface area contributed by atoms with E-state index >= 15 is 0 Å². The lowest BCUT2D eigenvalue weighted by atomic mass is 9.61. The zero-order valence-electron chi connectivity index (χ0n) is 16.3. The van der Waals surface area contributed by atoms with Gasteiger partial charge in [-0.2, -0.15) is 0 Å². The van der Waals surface area contributed by atoms with Gasteiger partial charge in [0.15, 0.2) is 0 Å². The first-order valence-corrected chi connectivity index (χ1v) is 10.0. The summed E-state index contributed by atoms with van der Waals surface area (Å²) < 4.78 is 5.35. The number of carbonyl (C=O) groups is 1. The lowest BCUT2D eigenvalue weighted by Gasteiger charge is -2.44. The Morgan fingerprint density at radius 1 is 1.12 bits per heavy atom. The van der Waals surface area contributed by atoms with Crippen LogP contribution in [0.15, 0.2) is 12.3 Å². The van der Waals surface area contributed by atoms with Crippen LogP contribution in [-0.2, 0) is 9.53 Å². The van der Waals surface area contributed by atoms with E-state index in [0.29, 0.717) is 0 Å². The standard InChI is InChI=1S/C21H39NO2/c1-5-6-13-19-16-21(4,17-19)20(23)22-14-11-9-7-8-10-12-15-24-18(2)3/h19H,2,5-17H2,1,3-4H3,(H,22,23). The third kappa shape index (κ3) is 8.21. The molecule has 1 N–H and O–H groups in total. The molecular formula is C21H39NO2. The van der Waals surface area contributed by atoms with E-state index in [1.165, 1.54) is 44.9 Å². The van der Waals surface area contributed by atoms with E-state index in [4.69, 9.17) is 4.74 Å². The second kappa shape index (κ2) is 11.5. The fourth-order valence-corrected chi connectivity index (χ4v) is 3.69. The summed E-state index contributed by atoms with van der Waals surface area (Å²) in [4.78, 5) is 12.3. The van der Waals surface area contributed by atoms with Crippen LogP contribution in [-0.4, -0.2) is 19.1 Å². The Morgan fingerprint density at radius 3 is 2.38 bits per heavy atom. The van der Waals surface area contributed by atoms with Gasteiger partial charge in [-0.25, -0.2) is 0 Å². The van der Waals surface area contributed by atoms with Gasteiger partial charge < -0.3 is 10.1 Å². The molecule has 0 spiro atoms. The van der Waals surface area contributed by atoms with Crippen molar-refractivity contribution in [1.82, 2.24) is 5.32 Å². The van der Waals surface area contributed by atoms with Gasteiger partial charge in [-0.15, -0.1) is 0 Å². The predicted molar refractivity (Wildman–Crippen MR) is 102 cm³/mol. The van der Waals surface area contributed by atoms with Gasteiger partial charge in [0.05, 0.1) is 12.4 Å². The minimum absolute atomic E-state index is 0.0817. The average molecular weight is 338 g/mol. The molecule has 0 unspecified atom stereocenters. The first-order valence-electron chi connectivity index (χ1n) is 10.0. The molecule has 0 bridgehead atoms. The van der Waals surface area contributed by atoms with E-state index in [9.17, 15) is 4.79 Å². The summed E-state index contributed by atoms with van der Waals surface area (Å²) in [7, 11) is 0. The smallest absolute Gasteiger partial charge is 0.225 e. The van der Waals surface area contributed by atoms with Gasteiger partial charge in [-0.1, -0.05) is 65.4 Å². The molecule has 0 atom stereocenters. The first kappa shape index (κ1) is 21.1. The van der Waals surface area contributed by atoms with Crippen molar-refractivity contribution >= 4 is 5.91 Å². The topological polar surface area (TPSA) is 38.3 Å². The molecule has 3 nitrogen and oxygen atoms in total. The summed E-state index contributed by atoms with van der Waals surface area (Å²) >= 11 is 0. The van der Waals surface area contributed by atoms with E-state index in [-0.39, 0.29) is 11.3 Å². The summed E-state index contributed by atoms with van der Waals surface area (Å²) in [6.45, 7) is 11.6. The first-order chi connectivity index (χ1) is 11.5. The number of carbonyl (C=O) groups excluding carboxylic acids is 1. The maximum absolute atomic E-state index is 12.3. The third-order valence-electron chi connectivity index (χ3n) is 5.20. The molecular weight excluding hydrogens is 298 g/mol. The monoisotopic (exact) mass is 337 g/mol. The van der Waals surface area contributed by atoms with Crippen LogP contribution in [0.3, 0.4) is 0 Å². The fourth-order valence-electron chi connectivity index (χ4n) is 3.69.